The molecular weight excluding hydrogens is 524 g/mol. The fourth-order valence-electron chi connectivity index (χ4n) is 5.34. The van der Waals surface area contributed by atoms with Crippen LogP contribution < -0.4 is 5.32 Å². The van der Waals surface area contributed by atoms with Gasteiger partial charge in [-0.2, -0.15) is 0 Å². The Labute approximate surface area is 228 Å². The lowest BCUT2D eigenvalue weighted by molar-refractivity contribution is -0.172. The highest BCUT2D eigenvalue weighted by Gasteiger charge is 2.53. The number of thioether (sulfide) groups is 1. The molecule has 0 spiro atoms. The molecule has 0 saturated carbocycles. The van der Waals surface area contributed by atoms with Gasteiger partial charge in [-0.3, -0.25) is 14.5 Å². The molecular formula is C25H41ClN2O8S. The lowest BCUT2D eigenvalue weighted by Gasteiger charge is -2.40. The van der Waals surface area contributed by atoms with Crippen molar-refractivity contribution in [1.82, 2.24) is 10.2 Å². The number of hydrogen-bond donors (Lipinski definition) is 3. The molecule has 37 heavy (non-hydrogen) atoms. The summed E-state index contributed by atoms with van der Waals surface area (Å²) >= 11 is 7.56. The quantitative estimate of drug-likeness (QED) is 0.413. The Bertz CT molecular complexity index is 840. The molecule has 2 amide bonds. The van der Waals surface area contributed by atoms with Gasteiger partial charge in [-0.05, 0) is 52.7 Å². The number of hydrogen-bond acceptors (Lipinski definition) is 9. The second-order valence-corrected chi connectivity index (χ2v) is 12.8. The summed E-state index contributed by atoms with van der Waals surface area (Å²) in [4.78, 5) is 41.3. The number of ketones is 1. The third-order valence-electron chi connectivity index (χ3n) is 7.31. The highest BCUT2D eigenvalue weighted by atomic mass is 35.5. The molecule has 3 aliphatic rings. The Morgan fingerprint density at radius 2 is 2.00 bits per heavy atom. The van der Waals surface area contributed by atoms with Crippen molar-refractivity contribution in [1.29, 1.82) is 0 Å². The molecule has 212 valence electrons. The lowest BCUT2D eigenvalue weighted by Crippen LogP contribution is -2.64. The molecule has 0 aliphatic carbocycles. The van der Waals surface area contributed by atoms with Gasteiger partial charge in [0.05, 0.1) is 17.5 Å². The van der Waals surface area contributed by atoms with Gasteiger partial charge in [0.1, 0.15) is 35.4 Å². The minimum Gasteiger partial charge on any atom is -0.444 e. The number of amides is 2. The fraction of sp³-hybridized carbons (Fsp3) is 0.880. The Morgan fingerprint density at radius 3 is 2.57 bits per heavy atom. The Balaban J connectivity index is 1.88. The van der Waals surface area contributed by atoms with Crippen LogP contribution in [0.1, 0.15) is 53.9 Å². The minimum absolute atomic E-state index is 0.0482. The zero-order chi connectivity index (χ0) is 27.7. The molecule has 3 heterocycles. The third-order valence-corrected chi connectivity index (χ3v) is 8.43. The smallest absolute Gasteiger partial charge is 0.411 e. The van der Waals surface area contributed by atoms with Gasteiger partial charge in [0, 0.05) is 19.1 Å². The summed E-state index contributed by atoms with van der Waals surface area (Å²) in [5.41, 5.74) is -1.63. The van der Waals surface area contributed by atoms with Crippen molar-refractivity contribution in [2.75, 3.05) is 19.4 Å². The predicted octanol–water partition coefficient (Wildman–Crippen LogP) is 1.92. The average molecular weight is 565 g/mol. The summed E-state index contributed by atoms with van der Waals surface area (Å²) in [6.07, 6.45) is -1.14. The van der Waals surface area contributed by atoms with Gasteiger partial charge < -0.3 is 29.7 Å². The van der Waals surface area contributed by atoms with Crippen LogP contribution in [0.25, 0.3) is 0 Å². The first-order valence-electron chi connectivity index (χ1n) is 12.9. The van der Waals surface area contributed by atoms with Crippen molar-refractivity contribution >= 4 is 41.1 Å². The second kappa shape index (κ2) is 12.4. The molecule has 2 unspecified atom stereocenters. The third kappa shape index (κ3) is 6.91. The van der Waals surface area contributed by atoms with Crippen LogP contribution in [0, 0.1) is 11.8 Å². The van der Waals surface area contributed by atoms with Crippen molar-refractivity contribution in [3.8, 4) is 0 Å². The van der Waals surface area contributed by atoms with Crippen LogP contribution >= 0.6 is 23.4 Å². The van der Waals surface area contributed by atoms with Crippen molar-refractivity contribution in [2.24, 2.45) is 11.8 Å². The molecule has 0 aromatic heterocycles. The van der Waals surface area contributed by atoms with E-state index in [1.54, 1.807) is 34.0 Å². The Hall–Kier alpha value is -1.11. The van der Waals surface area contributed by atoms with Gasteiger partial charge in [0.15, 0.2) is 5.78 Å². The number of fused-ring (bicyclic) bond motifs is 1. The van der Waals surface area contributed by atoms with E-state index >= 15 is 0 Å². The van der Waals surface area contributed by atoms with Crippen molar-refractivity contribution in [3.63, 3.8) is 0 Å². The van der Waals surface area contributed by atoms with E-state index in [0.29, 0.717) is 19.1 Å². The maximum absolute atomic E-state index is 13.8. The number of ether oxygens (including phenoxy) is 3. The first kappa shape index (κ1) is 30.4. The summed E-state index contributed by atoms with van der Waals surface area (Å²) in [6, 6.07) is -2.01. The first-order chi connectivity index (χ1) is 17.3. The van der Waals surface area contributed by atoms with E-state index in [-0.39, 0.29) is 5.92 Å². The topological polar surface area (TPSA) is 135 Å². The highest BCUT2D eigenvalue weighted by Crippen LogP contribution is 2.37. The van der Waals surface area contributed by atoms with Gasteiger partial charge in [-0.1, -0.05) is 13.3 Å². The summed E-state index contributed by atoms with van der Waals surface area (Å²) in [5.74, 6) is -0.922. The lowest BCUT2D eigenvalue weighted by atomic mass is 9.88. The number of nitrogens with one attached hydrogen (secondary N) is 1. The molecule has 0 radical (unpaired) electrons. The maximum atomic E-state index is 13.8. The number of alkyl halides is 1. The van der Waals surface area contributed by atoms with E-state index in [0.717, 1.165) is 31.0 Å². The molecule has 3 fully saturated rings. The first-order valence-corrected chi connectivity index (χ1v) is 14.6. The number of rotatable bonds is 6. The average Bonchev–Trinajstić information content (AvgIpc) is 3.05. The Morgan fingerprint density at radius 1 is 1.32 bits per heavy atom. The fourth-order valence-corrected chi connectivity index (χ4v) is 6.20. The molecule has 12 heteroatoms. The SMILES string of the molecule is CC[C@@H]1CCO[C@@H]2[C@@H](C1)CN(C(=O)OC(C)(C)C)[C@@H]2C(=O)N[C@H]([C@H](C)Cl)[C@H]1OC(SC)[C@H](O)C(O)C1=O. The van der Waals surface area contributed by atoms with Gasteiger partial charge in [-0.25, -0.2) is 4.79 Å². The van der Waals surface area contributed by atoms with E-state index < -0.39 is 70.7 Å². The molecule has 3 N–H and O–H groups in total. The van der Waals surface area contributed by atoms with Crippen LogP contribution in [0.5, 0.6) is 0 Å². The number of nitrogens with zero attached hydrogens (tertiary/aromatic N) is 1. The molecule has 10 nitrogen and oxygen atoms in total. The van der Waals surface area contributed by atoms with Gasteiger partial charge >= 0.3 is 6.09 Å². The molecule has 3 saturated heterocycles. The van der Waals surface area contributed by atoms with Crippen molar-refractivity contribution in [3.05, 3.63) is 0 Å². The van der Waals surface area contributed by atoms with Crippen molar-refractivity contribution in [2.45, 2.75) is 107 Å². The predicted molar refractivity (Wildman–Crippen MR) is 139 cm³/mol. The van der Waals surface area contributed by atoms with Gasteiger partial charge in [0.2, 0.25) is 5.91 Å². The van der Waals surface area contributed by atoms with Crippen LogP contribution in [-0.2, 0) is 23.8 Å². The van der Waals surface area contributed by atoms with Crippen LogP contribution in [0.15, 0.2) is 0 Å². The summed E-state index contributed by atoms with van der Waals surface area (Å²) in [5, 5.41) is 22.5. The molecule has 0 bridgehead atoms. The number of Topliss-reactive ketones (excluding diaryl/α,β-unsaturated/α-hetero) is 1. The normalized spacial score (nSPS) is 36.4. The summed E-state index contributed by atoms with van der Waals surface area (Å²) < 4.78 is 17.6. The van der Waals surface area contributed by atoms with E-state index in [1.165, 1.54) is 4.90 Å². The van der Waals surface area contributed by atoms with E-state index in [2.05, 4.69) is 12.2 Å². The molecule has 0 aromatic carbocycles. The van der Waals surface area contributed by atoms with E-state index in [4.69, 9.17) is 25.8 Å². The number of carbonyl (C=O) groups is 3. The molecule has 10 atom stereocenters. The van der Waals surface area contributed by atoms with Crippen LogP contribution in [0.4, 0.5) is 4.79 Å². The van der Waals surface area contributed by atoms with E-state index in [1.807, 2.05) is 0 Å². The monoisotopic (exact) mass is 564 g/mol. The van der Waals surface area contributed by atoms with E-state index in [9.17, 15) is 24.6 Å². The number of carbonyl (C=O) groups excluding carboxylic acids is 3. The Kier molecular flexibility index (Phi) is 10.2. The van der Waals surface area contributed by atoms with Crippen LogP contribution in [0.3, 0.4) is 0 Å². The number of halogens is 1. The molecule has 0 aromatic rings. The number of aliphatic hydroxyl groups excluding tert-OH is 2. The number of aliphatic hydroxyl groups is 2. The van der Waals surface area contributed by atoms with Gasteiger partial charge in [0.25, 0.3) is 0 Å². The molecule has 3 aliphatic heterocycles. The summed E-state index contributed by atoms with van der Waals surface area (Å²) in [7, 11) is 0. The summed E-state index contributed by atoms with van der Waals surface area (Å²) in [6.45, 7) is 9.80. The largest absolute Gasteiger partial charge is 0.444 e. The zero-order valence-electron chi connectivity index (χ0n) is 22.4. The standard InChI is InChI=1S/C25H41ClN2O8S/c1-7-13-8-9-34-20-14(10-13)11-28(24(33)36-25(3,4)5)16(20)22(32)27-15(12(2)26)21-18(30)17(29)19(31)23(35-21)37-6/h12-17,19-21,23,29,31H,7-11H2,1-6H3,(H,27,32)/t12-,13+,14-,15+,16-,17?,19+,20+,21+,23?/m0/s1. The highest BCUT2D eigenvalue weighted by molar-refractivity contribution is 7.99. The zero-order valence-corrected chi connectivity index (χ0v) is 24.0. The second-order valence-electron chi connectivity index (χ2n) is 11.2. The molecule has 3 rings (SSSR count). The van der Waals surface area contributed by atoms with Gasteiger partial charge in [-0.15, -0.1) is 23.4 Å². The van der Waals surface area contributed by atoms with Crippen molar-refractivity contribution < 1.29 is 38.8 Å². The number of likely N-dealkylation sites (tertiary alicyclic amines) is 1. The van der Waals surface area contributed by atoms with Crippen LogP contribution in [0.2, 0.25) is 0 Å². The maximum Gasteiger partial charge on any atom is 0.411 e. The minimum atomic E-state index is -1.67. The van der Waals surface area contributed by atoms with Crippen LogP contribution in [-0.4, -0.2) is 105 Å².